The number of hydrogen-bond donors (Lipinski definition) is 2. The van der Waals surface area contributed by atoms with Crippen molar-refractivity contribution >= 4 is 11.7 Å². The van der Waals surface area contributed by atoms with E-state index in [1.165, 1.54) is 4.80 Å². The summed E-state index contributed by atoms with van der Waals surface area (Å²) in [4.78, 5) is 20.3. The van der Waals surface area contributed by atoms with E-state index in [0.717, 1.165) is 36.6 Å². The quantitative estimate of drug-likeness (QED) is 0.728. The maximum absolute atomic E-state index is 12.7. The number of carbonyl (C=O) groups excluding carboxylic acids is 1. The number of aromatic amines is 1. The largest absolute Gasteiger partial charge is 0.324 e. The van der Waals surface area contributed by atoms with Crippen LogP contribution in [0.25, 0.3) is 11.4 Å². The van der Waals surface area contributed by atoms with Crippen LogP contribution in [0.2, 0.25) is 0 Å². The molecule has 4 rings (SSSR count). The zero-order valence-corrected chi connectivity index (χ0v) is 15.3. The number of likely N-dealkylation sites (tertiary alicyclic amines) is 1. The fourth-order valence-electron chi connectivity index (χ4n) is 3.25. The number of anilines is 1. The topological polar surface area (TPSA) is 118 Å². The maximum Gasteiger partial charge on any atom is 0.321 e. The van der Waals surface area contributed by atoms with Gasteiger partial charge in [0, 0.05) is 30.3 Å². The van der Waals surface area contributed by atoms with Crippen LogP contribution < -0.4 is 5.32 Å². The third-order valence-corrected chi connectivity index (χ3v) is 4.57. The van der Waals surface area contributed by atoms with Gasteiger partial charge in [0.25, 0.3) is 0 Å². The van der Waals surface area contributed by atoms with Gasteiger partial charge in [0.15, 0.2) is 5.82 Å². The summed E-state index contributed by atoms with van der Waals surface area (Å²) in [5.41, 5.74) is 1.49. The number of aryl methyl sites for hydroxylation is 2. The Hall–Kier alpha value is -3.30. The van der Waals surface area contributed by atoms with Crippen molar-refractivity contribution in [2.24, 2.45) is 7.05 Å². The van der Waals surface area contributed by atoms with Gasteiger partial charge < -0.3 is 10.2 Å². The van der Waals surface area contributed by atoms with Crippen molar-refractivity contribution in [3.05, 3.63) is 35.9 Å². The van der Waals surface area contributed by atoms with Crippen molar-refractivity contribution in [3.63, 3.8) is 0 Å². The predicted molar refractivity (Wildman–Crippen MR) is 97.9 cm³/mol. The van der Waals surface area contributed by atoms with Gasteiger partial charge in [-0.25, -0.2) is 9.78 Å². The highest BCUT2D eigenvalue weighted by Crippen LogP contribution is 2.25. The summed E-state index contributed by atoms with van der Waals surface area (Å²) in [7, 11) is 1.71. The van der Waals surface area contributed by atoms with Gasteiger partial charge in [-0.3, -0.25) is 5.10 Å². The van der Waals surface area contributed by atoms with Crippen LogP contribution in [0.1, 0.15) is 30.4 Å². The summed E-state index contributed by atoms with van der Waals surface area (Å²) in [6.07, 6.45) is 1.91. The first-order valence-electron chi connectivity index (χ1n) is 8.88. The van der Waals surface area contributed by atoms with Crippen molar-refractivity contribution < 1.29 is 4.79 Å². The Morgan fingerprint density at radius 1 is 1.37 bits per heavy atom. The molecule has 3 aromatic rings. The molecule has 140 valence electrons. The van der Waals surface area contributed by atoms with Gasteiger partial charge in [0.2, 0.25) is 5.82 Å². The molecule has 10 nitrogen and oxygen atoms in total. The van der Waals surface area contributed by atoms with Gasteiger partial charge in [0.05, 0.1) is 7.05 Å². The van der Waals surface area contributed by atoms with Crippen LogP contribution in [0, 0.1) is 6.92 Å². The van der Waals surface area contributed by atoms with Gasteiger partial charge in [-0.15, -0.1) is 10.2 Å². The van der Waals surface area contributed by atoms with E-state index in [1.54, 1.807) is 7.05 Å². The number of tetrazole rings is 1. The molecular formula is C17H21N9O. The lowest BCUT2D eigenvalue weighted by Crippen LogP contribution is -2.41. The van der Waals surface area contributed by atoms with Gasteiger partial charge in [0.1, 0.15) is 5.82 Å². The van der Waals surface area contributed by atoms with Crippen LogP contribution in [0.4, 0.5) is 10.5 Å². The molecule has 3 heterocycles. The summed E-state index contributed by atoms with van der Waals surface area (Å²) < 4.78 is 0. The van der Waals surface area contributed by atoms with Gasteiger partial charge >= 0.3 is 6.03 Å². The molecule has 1 aromatic carbocycles. The van der Waals surface area contributed by atoms with Crippen LogP contribution in [-0.4, -0.2) is 59.4 Å². The van der Waals surface area contributed by atoms with Gasteiger partial charge in [-0.2, -0.15) is 9.90 Å². The minimum absolute atomic E-state index is 0.129. The van der Waals surface area contributed by atoms with Crippen molar-refractivity contribution in [3.8, 4) is 11.4 Å². The summed E-state index contributed by atoms with van der Waals surface area (Å²) in [5.74, 6) is 2.25. The number of nitrogens with zero attached hydrogens (tertiary/aromatic N) is 7. The van der Waals surface area contributed by atoms with E-state index in [-0.39, 0.29) is 11.9 Å². The Kier molecular flexibility index (Phi) is 4.53. The molecule has 2 amide bonds. The maximum atomic E-state index is 12.7. The molecule has 1 fully saturated rings. The number of amides is 2. The molecule has 27 heavy (non-hydrogen) atoms. The normalized spacial score (nSPS) is 17.1. The Morgan fingerprint density at radius 2 is 2.26 bits per heavy atom. The number of benzene rings is 1. The lowest BCUT2D eigenvalue weighted by Gasteiger charge is -2.31. The lowest BCUT2D eigenvalue weighted by atomic mass is 9.97. The molecule has 0 radical (unpaired) electrons. The summed E-state index contributed by atoms with van der Waals surface area (Å²) >= 11 is 0. The molecule has 0 aliphatic carbocycles. The molecule has 0 spiro atoms. The number of aromatic nitrogens is 7. The van der Waals surface area contributed by atoms with Gasteiger partial charge in [-0.05, 0) is 37.1 Å². The average molecular weight is 367 g/mol. The highest BCUT2D eigenvalue weighted by Gasteiger charge is 2.27. The average Bonchev–Trinajstić information content (AvgIpc) is 3.30. The fourth-order valence-corrected chi connectivity index (χ4v) is 3.25. The third-order valence-electron chi connectivity index (χ3n) is 4.57. The van der Waals surface area contributed by atoms with Crippen molar-refractivity contribution in [2.75, 3.05) is 18.4 Å². The Morgan fingerprint density at radius 3 is 3.00 bits per heavy atom. The number of piperidine rings is 1. The molecule has 10 heteroatoms. The number of nitrogens with one attached hydrogen (secondary N) is 2. The molecular weight excluding hydrogens is 346 g/mol. The summed E-state index contributed by atoms with van der Waals surface area (Å²) in [6, 6.07) is 7.30. The Balaban J connectivity index is 1.44. The zero-order chi connectivity index (χ0) is 18.8. The van der Waals surface area contributed by atoms with Crippen LogP contribution in [0.3, 0.4) is 0 Å². The van der Waals surface area contributed by atoms with Crippen LogP contribution in [0.5, 0.6) is 0 Å². The Labute approximate surface area is 156 Å². The zero-order valence-electron chi connectivity index (χ0n) is 15.3. The van der Waals surface area contributed by atoms with E-state index in [2.05, 4.69) is 35.9 Å². The van der Waals surface area contributed by atoms with E-state index in [1.807, 2.05) is 36.1 Å². The molecule has 2 N–H and O–H groups in total. The SMILES string of the molecule is Cc1nc([C@H]2CCCN(C(=O)Nc3cccc(-c4nnn(C)n4)c3)C2)n[nH]1. The number of hydrogen-bond acceptors (Lipinski definition) is 6. The molecule has 1 saturated heterocycles. The van der Waals surface area contributed by atoms with Crippen LogP contribution in [0.15, 0.2) is 24.3 Å². The molecule has 0 bridgehead atoms. The first kappa shape index (κ1) is 17.1. The van der Waals surface area contributed by atoms with E-state index >= 15 is 0 Å². The first-order valence-corrected chi connectivity index (χ1v) is 8.88. The fraction of sp³-hybridized carbons (Fsp3) is 0.412. The van der Waals surface area contributed by atoms with E-state index in [9.17, 15) is 4.79 Å². The highest BCUT2D eigenvalue weighted by molar-refractivity contribution is 5.90. The highest BCUT2D eigenvalue weighted by atomic mass is 16.2. The second-order valence-corrected chi connectivity index (χ2v) is 6.68. The monoisotopic (exact) mass is 367 g/mol. The van der Waals surface area contributed by atoms with E-state index in [4.69, 9.17) is 0 Å². The molecule has 0 unspecified atom stereocenters. The van der Waals surface area contributed by atoms with Gasteiger partial charge in [-0.1, -0.05) is 12.1 Å². The number of urea groups is 1. The van der Waals surface area contributed by atoms with Crippen LogP contribution >= 0.6 is 0 Å². The molecule has 2 aromatic heterocycles. The number of carbonyl (C=O) groups is 1. The van der Waals surface area contributed by atoms with Crippen molar-refractivity contribution in [2.45, 2.75) is 25.7 Å². The minimum Gasteiger partial charge on any atom is -0.324 e. The minimum atomic E-state index is -0.129. The molecule has 1 aliphatic heterocycles. The molecule has 1 atom stereocenters. The molecule has 0 saturated carbocycles. The summed E-state index contributed by atoms with van der Waals surface area (Å²) in [5, 5.41) is 22.1. The van der Waals surface area contributed by atoms with E-state index in [0.29, 0.717) is 18.1 Å². The standard InChI is InChI=1S/C17H21N9O/c1-11-18-15(21-20-11)13-6-4-8-26(10-13)17(27)19-14-7-3-5-12(9-14)16-22-24-25(2)23-16/h3,5,7,9,13H,4,6,8,10H2,1-2H3,(H,19,27)(H,18,20,21)/t13-/m0/s1. The second kappa shape index (κ2) is 7.14. The number of H-pyrrole nitrogens is 1. The molecule has 1 aliphatic rings. The third kappa shape index (κ3) is 3.78. The first-order chi connectivity index (χ1) is 13.1. The smallest absolute Gasteiger partial charge is 0.321 e. The Bertz CT molecular complexity index is 947. The summed E-state index contributed by atoms with van der Waals surface area (Å²) in [6.45, 7) is 3.20. The number of rotatable bonds is 3. The second-order valence-electron chi connectivity index (χ2n) is 6.68. The van der Waals surface area contributed by atoms with Crippen LogP contribution in [-0.2, 0) is 7.05 Å². The van der Waals surface area contributed by atoms with Crippen molar-refractivity contribution in [1.29, 1.82) is 0 Å². The lowest BCUT2D eigenvalue weighted by molar-refractivity contribution is 0.191. The predicted octanol–water partition coefficient (Wildman–Crippen LogP) is 1.72. The van der Waals surface area contributed by atoms with E-state index < -0.39 is 0 Å². The van der Waals surface area contributed by atoms with Crippen molar-refractivity contribution in [1.82, 2.24) is 40.3 Å².